The van der Waals surface area contributed by atoms with Crippen molar-refractivity contribution in [2.24, 2.45) is 14.8 Å². The zero-order valence-electron chi connectivity index (χ0n) is 13.5. The average Bonchev–Trinajstić information content (AvgIpc) is 2.50. The van der Waals surface area contributed by atoms with Crippen LogP contribution in [0.5, 0.6) is 0 Å². The summed E-state index contributed by atoms with van der Waals surface area (Å²) in [5, 5.41) is 0.109. The quantitative estimate of drug-likeness (QED) is 0.753. The largest absolute Gasteiger partial charge is 0.282 e. The number of hydrogen-bond acceptors (Lipinski definition) is 3. The van der Waals surface area contributed by atoms with Gasteiger partial charge < -0.3 is 0 Å². The molecule has 24 heavy (non-hydrogen) atoms. The van der Waals surface area contributed by atoms with E-state index in [9.17, 15) is 13.2 Å². The molecule has 0 aromatic heterocycles. The van der Waals surface area contributed by atoms with Gasteiger partial charge in [0.1, 0.15) is 0 Å². The molecule has 0 fully saturated rings. The van der Waals surface area contributed by atoms with Crippen molar-refractivity contribution in [2.45, 2.75) is 25.7 Å². The van der Waals surface area contributed by atoms with E-state index in [1.54, 1.807) is 39.0 Å². The highest BCUT2D eigenvalue weighted by Gasteiger charge is 2.22. The van der Waals surface area contributed by atoms with Crippen LogP contribution < -0.4 is 0 Å². The Bertz CT molecular complexity index is 874. The number of amides is 1. The van der Waals surface area contributed by atoms with Gasteiger partial charge in [0, 0.05) is 5.41 Å². The van der Waals surface area contributed by atoms with E-state index in [0.29, 0.717) is 5.71 Å². The predicted octanol–water partition coefficient (Wildman–Crippen LogP) is 3.52. The van der Waals surface area contributed by atoms with Crippen molar-refractivity contribution in [1.29, 1.82) is 0 Å². The summed E-state index contributed by atoms with van der Waals surface area (Å²) in [6, 6.07) is 7.86. The fourth-order valence-electron chi connectivity index (χ4n) is 1.70. The number of allylic oxidation sites excluding steroid dienone is 4. The molecule has 0 atom stereocenters. The third kappa shape index (κ3) is 4.49. The van der Waals surface area contributed by atoms with Crippen LogP contribution in [0.1, 0.15) is 20.8 Å². The number of carbonyl (C=O) groups excluding carboxylic acids is 1. The van der Waals surface area contributed by atoms with Crippen molar-refractivity contribution in [3.8, 4) is 0 Å². The number of halogens is 1. The lowest BCUT2D eigenvalue weighted by molar-refractivity contribution is -0.124. The minimum atomic E-state index is -3.85. The van der Waals surface area contributed by atoms with Gasteiger partial charge in [0.05, 0.1) is 21.4 Å². The molecule has 2 rings (SSSR count). The van der Waals surface area contributed by atoms with E-state index in [2.05, 4.69) is 9.39 Å². The Morgan fingerprint density at radius 2 is 1.71 bits per heavy atom. The van der Waals surface area contributed by atoms with Gasteiger partial charge in [-0.25, -0.2) is 4.99 Å². The van der Waals surface area contributed by atoms with Crippen LogP contribution in [-0.2, 0) is 14.8 Å². The van der Waals surface area contributed by atoms with E-state index in [0.717, 1.165) is 0 Å². The van der Waals surface area contributed by atoms with Gasteiger partial charge in [-0.05, 0) is 30.4 Å². The molecule has 0 saturated carbocycles. The van der Waals surface area contributed by atoms with Gasteiger partial charge >= 0.3 is 0 Å². The Hall–Kier alpha value is -2.05. The van der Waals surface area contributed by atoms with E-state index >= 15 is 0 Å². The summed E-state index contributed by atoms with van der Waals surface area (Å²) in [4.78, 5) is 16.0. The minimum Gasteiger partial charge on any atom is -0.272 e. The second-order valence-electron chi connectivity index (χ2n) is 6.18. The van der Waals surface area contributed by atoms with Gasteiger partial charge in [-0.2, -0.15) is 12.8 Å². The van der Waals surface area contributed by atoms with Crippen LogP contribution >= 0.6 is 11.6 Å². The molecule has 1 aliphatic carbocycles. The maximum atomic E-state index is 12.2. The third-order valence-electron chi connectivity index (χ3n) is 3.06. The van der Waals surface area contributed by atoms with E-state index in [4.69, 9.17) is 11.6 Å². The molecule has 0 bridgehead atoms. The first-order valence-electron chi connectivity index (χ1n) is 7.18. The molecular weight excluding hydrogens is 348 g/mol. The molecule has 0 aliphatic heterocycles. The molecule has 0 saturated heterocycles. The van der Waals surface area contributed by atoms with Crippen molar-refractivity contribution in [1.82, 2.24) is 0 Å². The number of carbonyl (C=O) groups is 1. The lowest BCUT2D eigenvalue weighted by atomic mass is 9.96. The number of benzene rings is 1. The average molecular weight is 365 g/mol. The van der Waals surface area contributed by atoms with Crippen molar-refractivity contribution in [3.63, 3.8) is 0 Å². The highest BCUT2D eigenvalue weighted by atomic mass is 35.5. The van der Waals surface area contributed by atoms with Crippen LogP contribution in [0.15, 0.2) is 67.9 Å². The van der Waals surface area contributed by atoms with Gasteiger partial charge in [0.25, 0.3) is 15.9 Å². The first-order chi connectivity index (χ1) is 11.1. The standard InChI is InChI=1S/C17H17ClN2O3S/c1-17(2,3)16(21)19-12-9-10-15(14(18)11-12)20-24(22,23)13-7-5-4-6-8-13/h4-11H,1-3H3/b19-12?,20-15-. The van der Waals surface area contributed by atoms with Gasteiger partial charge in [-0.15, -0.1) is 0 Å². The maximum absolute atomic E-state index is 12.2. The summed E-state index contributed by atoms with van der Waals surface area (Å²) in [5.74, 6) is -0.292. The van der Waals surface area contributed by atoms with Crippen LogP contribution in [0, 0.1) is 5.41 Å². The Morgan fingerprint density at radius 1 is 1.08 bits per heavy atom. The van der Waals surface area contributed by atoms with Crippen LogP contribution in [-0.4, -0.2) is 25.7 Å². The molecule has 0 unspecified atom stereocenters. The van der Waals surface area contributed by atoms with Crippen LogP contribution in [0.25, 0.3) is 0 Å². The minimum absolute atomic E-state index is 0.0812. The Kier molecular flexibility index (Phi) is 5.20. The summed E-state index contributed by atoms with van der Waals surface area (Å²) in [5.41, 5.74) is -0.148. The number of aliphatic imine (C=N–C) groups is 1. The molecule has 1 amide bonds. The SMILES string of the molecule is CC(C)(C)C(=O)N=C1C=C/C(=N/S(=O)(=O)c2ccccc2)C(Cl)=C1. The lowest BCUT2D eigenvalue weighted by Gasteiger charge is -2.13. The van der Waals surface area contributed by atoms with Gasteiger partial charge in [-0.3, -0.25) is 4.79 Å². The number of nitrogens with zero attached hydrogens (tertiary/aromatic N) is 2. The molecule has 1 aromatic carbocycles. The third-order valence-corrected chi connectivity index (χ3v) is 4.67. The Labute approximate surface area is 146 Å². The lowest BCUT2D eigenvalue weighted by Crippen LogP contribution is -2.19. The van der Waals surface area contributed by atoms with Crippen LogP contribution in [0.4, 0.5) is 0 Å². The number of hydrogen-bond donors (Lipinski definition) is 0. The maximum Gasteiger partial charge on any atom is 0.282 e. The molecule has 0 heterocycles. The smallest absolute Gasteiger partial charge is 0.272 e. The molecule has 7 heteroatoms. The molecular formula is C17H17ClN2O3S. The van der Waals surface area contributed by atoms with Gasteiger partial charge in [-0.1, -0.05) is 50.6 Å². The summed E-state index contributed by atoms with van der Waals surface area (Å²) < 4.78 is 28.2. The first kappa shape index (κ1) is 18.3. The molecule has 0 N–H and O–H groups in total. The second-order valence-corrected chi connectivity index (χ2v) is 8.19. The zero-order valence-corrected chi connectivity index (χ0v) is 15.1. The molecule has 0 radical (unpaired) electrons. The van der Waals surface area contributed by atoms with Crippen LogP contribution in [0.2, 0.25) is 0 Å². The molecule has 1 aliphatic rings. The molecule has 126 valence electrons. The predicted molar refractivity (Wildman–Crippen MR) is 96.0 cm³/mol. The number of sulfonamides is 1. The molecule has 1 aromatic rings. The Morgan fingerprint density at radius 3 is 2.25 bits per heavy atom. The van der Waals surface area contributed by atoms with Crippen molar-refractivity contribution < 1.29 is 13.2 Å². The summed E-state index contributed by atoms with van der Waals surface area (Å²) in [7, 11) is -3.85. The van der Waals surface area contributed by atoms with Crippen molar-refractivity contribution in [2.75, 3.05) is 0 Å². The number of rotatable bonds is 2. The van der Waals surface area contributed by atoms with Crippen molar-refractivity contribution >= 4 is 39.0 Å². The van der Waals surface area contributed by atoms with E-state index in [-0.39, 0.29) is 21.5 Å². The highest BCUT2D eigenvalue weighted by Crippen LogP contribution is 2.19. The Balaban J connectivity index is 2.31. The topological polar surface area (TPSA) is 75.9 Å². The summed E-state index contributed by atoms with van der Waals surface area (Å²) >= 11 is 6.09. The second kappa shape index (κ2) is 6.83. The first-order valence-corrected chi connectivity index (χ1v) is 9.00. The van der Waals surface area contributed by atoms with Gasteiger partial charge in [0.15, 0.2) is 0 Å². The zero-order chi connectivity index (χ0) is 18.0. The summed E-state index contributed by atoms with van der Waals surface area (Å²) in [6.07, 6.45) is 4.36. The summed E-state index contributed by atoms with van der Waals surface area (Å²) in [6.45, 7) is 5.28. The fourth-order valence-corrected chi connectivity index (χ4v) is 2.99. The normalized spacial score (nSPS) is 18.8. The fraction of sp³-hybridized carbons (Fsp3) is 0.235. The molecule has 5 nitrogen and oxygen atoms in total. The monoisotopic (exact) mass is 364 g/mol. The highest BCUT2D eigenvalue weighted by molar-refractivity contribution is 7.90. The van der Waals surface area contributed by atoms with E-state index < -0.39 is 15.4 Å². The van der Waals surface area contributed by atoms with Crippen molar-refractivity contribution in [3.05, 3.63) is 53.6 Å². The van der Waals surface area contributed by atoms with E-state index in [1.165, 1.54) is 30.4 Å². The van der Waals surface area contributed by atoms with Gasteiger partial charge in [0.2, 0.25) is 0 Å². The molecule has 0 spiro atoms. The van der Waals surface area contributed by atoms with Crippen LogP contribution in [0.3, 0.4) is 0 Å². The van der Waals surface area contributed by atoms with E-state index in [1.807, 2.05) is 0 Å².